The molecule has 2 fully saturated rings. The Bertz CT molecular complexity index is 2290. The van der Waals surface area contributed by atoms with Gasteiger partial charge in [-0.3, -0.25) is 53.7 Å². The monoisotopic (exact) mass is 796 g/mol. The zero-order valence-corrected chi connectivity index (χ0v) is 32.4. The summed E-state index contributed by atoms with van der Waals surface area (Å²) >= 11 is 0. The third-order valence-electron chi connectivity index (χ3n) is 10.5. The summed E-state index contributed by atoms with van der Waals surface area (Å²) in [5.41, 5.74) is 2.73. The van der Waals surface area contributed by atoms with Gasteiger partial charge in [0.25, 0.3) is 23.8 Å². The Labute approximate surface area is 333 Å². The lowest BCUT2D eigenvalue weighted by atomic mass is 9.99. The number of methoxy groups -OCH3 is 2. The van der Waals surface area contributed by atoms with Crippen molar-refractivity contribution in [2.24, 2.45) is 7.05 Å². The molecule has 4 aromatic rings. The Hall–Kier alpha value is -6.62. The number of rotatable bonds is 12. The Morgan fingerprint density at radius 1 is 0.931 bits per heavy atom. The number of nitrogens with zero attached hydrogens (tertiary/aromatic N) is 5. The van der Waals surface area contributed by atoms with Crippen molar-refractivity contribution in [3.63, 3.8) is 0 Å². The quantitative estimate of drug-likeness (QED) is 0.120. The van der Waals surface area contributed by atoms with Crippen LogP contribution in [0.15, 0.2) is 59.8 Å². The third kappa shape index (κ3) is 8.39. The van der Waals surface area contributed by atoms with E-state index in [1.807, 2.05) is 29.3 Å². The molecule has 2 aromatic carbocycles. The number of aromatic nitrogens is 2. The molecule has 0 spiro atoms. The maximum absolute atomic E-state index is 13.3. The molecule has 3 aliphatic rings. The summed E-state index contributed by atoms with van der Waals surface area (Å²) in [7, 11) is 4.96. The van der Waals surface area contributed by atoms with Crippen LogP contribution >= 0.6 is 0 Å². The topological polar surface area (TPSA) is 207 Å². The average molecular weight is 797 g/mol. The van der Waals surface area contributed by atoms with Crippen LogP contribution in [0.25, 0.3) is 21.9 Å². The SMILES string of the molecule is COc1cc(-c2cn(C)c(=O)c3cnccc23)cc(OC)c1CN1CCN(C(=O)CCCCOc2cccc3c2C(=O)N(C2CCC(=O)NC2=O)C3=O)CC1.O=CO. The van der Waals surface area contributed by atoms with E-state index in [1.54, 1.807) is 50.4 Å². The van der Waals surface area contributed by atoms with Crippen molar-refractivity contribution < 1.29 is 48.1 Å². The first-order valence-electron chi connectivity index (χ1n) is 18.7. The second-order valence-electron chi connectivity index (χ2n) is 13.9. The number of carboxylic acid groups (broad SMARTS) is 1. The number of pyridine rings is 2. The summed E-state index contributed by atoms with van der Waals surface area (Å²) < 4.78 is 19.2. The molecule has 2 saturated heterocycles. The number of nitrogens with one attached hydrogen (secondary N) is 1. The molecule has 0 aliphatic carbocycles. The van der Waals surface area contributed by atoms with Gasteiger partial charge in [0.15, 0.2) is 0 Å². The summed E-state index contributed by atoms with van der Waals surface area (Å²) in [6, 6.07) is 9.44. The van der Waals surface area contributed by atoms with Crippen LogP contribution in [-0.4, -0.2) is 118 Å². The summed E-state index contributed by atoms with van der Waals surface area (Å²) in [5, 5.41) is 10.4. The number of imide groups is 2. The molecule has 304 valence electrons. The zero-order chi connectivity index (χ0) is 41.5. The van der Waals surface area contributed by atoms with Gasteiger partial charge >= 0.3 is 0 Å². The minimum Gasteiger partial charge on any atom is -0.496 e. The molecule has 17 nitrogen and oxygen atoms in total. The van der Waals surface area contributed by atoms with E-state index in [4.69, 9.17) is 24.1 Å². The fourth-order valence-corrected chi connectivity index (χ4v) is 7.54. The predicted molar refractivity (Wildman–Crippen MR) is 209 cm³/mol. The van der Waals surface area contributed by atoms with Crippen molar-refractivity contribution in [2.75, 3.05) is 47.0 Å². The van der Waals surface area contributed by atoms with E-state index in [-0.39, 0.29) is 54.3 Å². The average Bonchev–Trinajstić information content (AvgIpc) is 3.48. The van der Waals surface area contributed by atoms with Gasteiger partial charge in [-0.05, 0) is 60.5 Å². The van der Waals surface area contributed by atoms with Crippen molar-refractivity contribution in [1.29, 1.82) is 0 Å². The number of unbranched alkanes of at least 4 members (excludes halogenated alkanes) is 1. The van der Waals surface area contributed by atoms with Crippen LogP contribution < -0.4 is 25.1 Å². The number of carbonyl (C=O) groups is 6. The van der Waals surface area contributed by atoms with E-state index in [0.29, 0.717) is 68.9 Å². The van der Waals surface area contributed by atoms with Gasteiger partial charge < -0.3 is 28.8 Å². The Balaban J connectivity index is 0.00000183. The van der Waals surface area contributed by atoms with Crippen LogP contribution in [0.2, 0.25) is 0 Å². The lowest BCUT2D eigenvalue weighted by Crippen LogP contribution is -2.54. The predicted octanol–water partition coefficient (Wildman–Crippen LogP) is 2.61. The summed E-state index contributed by atoms with van der Waals surface area (Å²) in [6.45, 7) is 3.03. The molecule has 0 radical (unpaired) electrons. The van der Waals surface area contributed by atoms with Gasteiger partial charge in [0.1, 0.15) is 23.3 Å². The number of carbonyl (C=O) groups excluding carboxylic acids is 5. The number of benzene rings is 2. The second-order valence-corrected chi connectivity index (χ2v) is 13.9. The van der Waals surface area contributed by atoms with Crippen LogP contribution in [0.3, 0.4) is 0 Å². The number of piperazine rings is 1. The van der Waals surface area contributed by atoms with Crippen molar-refractivity contribution in [1.82, 2.24) is 29.6 Å². The van der Waals surface area contributed by atoms with Crippen molar-refractivity contribution in [2.45, 2.75) is 44.7 Å². The molecule has 17 heteroatoms. The Morgan fingerprint density at radius 2 is 1.64 bits per heavy atom. The number of aryl methyl sites for hydroxylation is 1. The van der Waals surface area contributed by atoms with Crippen LogP contribution in [0.1, 0.15) is 58.4 Å². The molecular weight excluding hydrogens is 752 g/mol. The highest BCUT2D eigenvalue weighted by Crippen LogP contribution is 2.38. The van der Waals surface area contributed by atoms with Crippen LogP contribution in [0.5, 0.6) is 17.2 Å². The molecular formula is C41H44N6O11. The van der Waals surface area contributed by atoms with Crippen LogP contribution in [-0.2, 0) is 32.8 Å². The summed E-state index contributed by atoms with van der Waals surface area (Å²) in [5.74, 6) is -0.695. The first-order valence-corrected chi connectivity index (χ1v) is 18.7. The molecule has 2 N–H and O–H groups in total. The number of ether oxygens (including phenoxy) is 3. The van der Waals surface area contributed by atoms with Crippen LogP contribution in [0.4, 0.5) is 0 Å². The van der Waals surface area contributed by atoms with Crippen LogP contribution in [0, 0.1) is 0 Å². The van der Waals surface area contributed by atoms with E-state index in [9.17, 15) is 28.8 Å². The lowest BCUT2D eigenvalue weighted by Gasteiger charge is -2.35. The molecule has 5 heterocycles. The van der Waals surface area contributed by atoms with Gasteiger partial charge in [0.2, 0.25) is 17.7 Å². The minimum absolute atomic E-state index is 0.0406. The van der Waals surface area contributed by atoms with Crippen molar-refractivity contribution >= 4 is 46.8 Å². The van der Waals surface area contributed by atoms with Gasteiger partial charge in [-0.25, -0.2) is 0 Å². The standard InChI is InChI=1S/C40H42N6O9.CH2O2/c1-43-22-28(25-12-13-41-21-27(25)38(43)50)24-19-32(53-2)29(33(20-24)54-3)23-44-14-16-45(17-15-44)35(48)9-4-5-18-55-31-8-6-7-26-36(31)40(52)46(39(26)51)30-10-11-34(47)42-37(30)49;2-1-3/h6-8,12-13,19-22,30H,4-5,9-11,14-18,23H2,1-3H3,(H,42,47,49);1H,(H,2,3). The fraction of sp³-hybridized carbons (Fsp3) is 0.366. The molecule has 58 heavy (non-hydrogen) atoms. The molecule has 5 amide bonds. The highest BCUT2D eigenvalue weighted by atomic mass is 16.5. The molecule has 1 atom stereocenters. The molecule has 0 bridgehead atoms. The number of amides is 5. The fourth-order valence-electron chi connectivity index (χ4n) is 7.54. The number of hydrogen-bond donors (Lipinski definition) is 2. The normalized spacial score (nSPS) is 16.7. The number of fused-ring (bicyclic) bond motifs is 2. The van der Waals surface area contributed by atoms with Gasteiger partial charge in [-0.2, -0.15) is 0 Å². The van der Waals surface area contributed by atoms with E-state index < -0.39 is 29.7 Å². The first kappa shape index (κ1) is 41.0. The largest absolute Gasteiger partial charge is 0.496 e. The smallest absolute Gasteiger partial charge is 0.290 e. The van der Waals surface area contributed by atoms with Gasteiger partial charge in [0.05, 0.1) is 42.9 Å². The van der Waals surface area contributed by atoms with E-state index >= 15 is 0 Å². The number of hydrogen-bond acceptors (Lipinski definition) is 12. The molecule has 0 saturated carbocycles. The van der Waals surface area contributed by atoms with E-state index in [1.165, 1.54) is 6.07 Å². The van der Waals surface area contributed by atoms with E-state index in [0.717, 1.165) is 27.0 Å². The summed E-state index contributed by atoms with van der Waals surface area (Å²) in [4.78, 5) is 93.8. The minimum atomic E-state index is -1.05. The second kappa shape index (κ2) is 18.1. The van der Waals surface area contributed by atoms with Gasteiger partial charge in [-0.15, -0.1) is 0 Å². The number of piperidine rings is 1. The molecule has 1 unspecified atom stereocenters. The van der Waals surface area contributed by atoms with Gasteiger partial charge in [-0.1, -0.05) is 6.07 Å². The van der Waals surface area contributed by atoms with Gasteiger partial charge in [0, 0.05) is 76.8 Å². The zero-order valence-electron chi connectivity index (χ0n) is 32.4. The molecule has 2 aromatic heterocycles. The third-order valence-corrected chi connectivity index (χ3v) is 10.5. The maximum Gasteiger partial charge on any atom is 0.290 e. The van der Waals surface area contributed by atoms with Crippen molar-refractivity contribution in [3.05, 3.63) is 82.0 Å². The Kier molecular flexibility index (Phi) is 12.8. The Morgan fingerprint density at radius 3 is 2.31 bits per heavy atom. The molecule has 7 rings (SSSR count). The summed E-state index contributed by atoms with van der Waals surface area (Å²) in [6.07, 6.45) is 6.64. The van der Waals surface area contributed by atoms with Crippen molar-refractivity contribution in [3.8, 4) is 28.4 Å². The van der Waals surface area contributed by atoms with E-state index in [2.05, 4.69) is 15.2 Å². The maximum atomic E-state index is 13.3. The molecule has 3 aliphatic heterocycles. The lowest BCUT2D eigenvalue weighted by molar-refractivity contribution is -0.136. The highest BCUT2D eigenvalue weighted by Gasteiger charge is 2.46. The first-order chi connectivity index (χ1) is 28.0. The highest BCUT2D eigenvalue weighted by molar-refractivity contribution is 6.24.